The number of anilines is 1. The third kappa shape index (κ3) is 3.04. The van der Waals surface area contributed by atoms with E-state index in [-0.39, 0.29) is 22.6 Å². The zero-order valence-corrected chi connectivity index (χ0v) is 15.1. The molecule has 0 saturated heterocycles. The maximum Gasteiger partial charge on any atom is 0.335 e. The van der Waals surface area contributed by atoms with E-state index in [4.69, 9.17) is 16.3 Å². The van der Waals surface area contributed by atoms with E-state index in [1.807, 2.05) is 0 Å². The highest BCUT2D eigenvalue weighted by atomic mass is 35.5. The van der Waals surface area contributed by atoms with E-state index in [1.165, 1.54) is 18.2 Å². The Balaban J connectivity index is 1.53. The first-order chi connectivity index (χ1) is 12.9. The lowest BCUT2D eigenvalue weighted by Crippen LogP contribution is -2.41. The van der Waals surface area contributed by atoms with Gasteiger partial charge in [0.05, 0.1) is 22.1 Å². The van der Waals surface area contributed by atoms with Crippen LogP contribution >= 0.6 is 11.6 Å². The van der Waals surface area contributed by atoms with Crippen LogP contribution in [0.4, 0.5) is 10.1 Å². The number of hydrogen-bond donors (Lipinski definition) is 2. The summed E-state index contributed by atoms with van der Waals surface area (Å²) in [4.78, 5) is 24.0. The number of halogens is 2. The summed E-state index contributed by atoms with van der Waals surface area (Å²) in [6.45, 7) is 0. The molecule has 1 aliphatic carbocycles. The Bertz CT molecular complexity index is 938. The van der Waals surface area contributed by atoms with Crippen LogP contribution in [0.2, 0.25) is 5.02 Å². The largest absolute Gasteiger partial charge is 0.490 e. The summed E-state index contributed by atoms with van der Waals surface area (Å²) < 4.78 is 19.4. The minimum atomic E-state index is -1.02. The molecule has 7 heteroatoms. The van der Waals surface area contributed by atoms with Gasteiger partial charge in [0.1, 0.15) is 11.6 Å². The molecule has 1 fully saturated rings. The molecule has 0 unspecified atom stereocenters. The number of carbonyl (C=O) groups excluding carboxylic acids is 1. The molecular formula is C20H17ClFNO4. The van der Waals surface area contributed by atoms with Gasteiger partial charge >= 0.3 is 5.97 Å². The molecule has 1 aliphatic heterocycles. The lowest BCUT2D eigenvalue weighted by atomic mass is 9.69. The highest BCUT2D eigenvalue weighted by Crippen LogP contribution is 2.48. The van der Waals surface area contributed by atoms with Crippen LogP contribution in [0.25, 0.3) is 0 Å². The first kappa shape index (κ1) is 17.8. The zero-order valence-electron chi connectivity index (χ0n) is 14.3. The Morgan fingerprint density at radius 3 is 2.63 bits per heavy atom. The summed E-state index contributed by atoms with van der Waals surface area (Å²) in [6.07, 6.45) is 2.14. The minimum Gasteiger partial charge on any atom is -0.490 e. The van der Waals surface area contributed by atoms with Gasteiger partial charge in [0.25, 0.3) is 0 Å². The van der Waals surface area contributed by atoms with E-state index in [0.29, 0.717) is 37.1 Å². The number of carboxylic acid groups (broad SMARTS) is 1. The number of aromatic carboxylic acids is 1. The predicted molar refractivity (Wildman–Crippen MR) is 98.0 cm³/mol. The van der Waals surface area contributed by atoms with Crippen molar-refractivity contribution in [3.63, 3.8) is 0 Å². The van der Waals surface area contributed by atoms with Crippen molar-refractivity contribution in [1.82, 2.24) is 0 Å². The summed E-state index contributed by atoms with van der Waals surface area (Å²) in [5.74, 6) is -1.25. The first-order valence-corrected chi connectivity index (χ1v) is 9.08. The standard InChI is InChI=1S/C20H17ClFNO4/c21-15-3-2-13(10-16(15)22)27-12-5-7-20(8-6-12)14-9-11(18(24)25)1-4-17(14)23-19(20)26/h1-4,9-10,12H,5-8H2,(H,23,26)(H,24,25)/t12-,20-. The van der Waals surface area contributed by atoms with E-state index < -0.39 is 17.2 Å². The lowest BCUT2D eigenvalue weighted by molar-refractivity contribution is -0.122. The van der Waals surface area contributed by atoms with Crippen LogP contribution in [-0.2, 0) is 10.2 Å². The second kappa shape index (κ2) is 6.53. The Labute approximate surface area is 160 Å². The second-order valence-corrected chi connectivity index (χ2v) is 7.40. The van der Waals surface area contributed by atoms with Gasteiger partial charge in [0.15, 0.2) is 0 Å². The van der Waals surface area contributed by atoms with Crippen LogP contribution < -0.4 is 10.1 Å². The molecule has 2 N–H and O–H groups in total. The third-order valence-corrected chi connectivity index (χ3v) is 5.75. The molecule has 0 aromatic heterocycles. The molecule has 0 atom stereocenters. The molecule has 140 valence electrons. The number of nitrogens with one attached hydrogen (secondary N) is 1. The van der Waals surface area contributed by atoms with Crippen molar-refractivity contribution >= 4 is 29.2 Å². The smallest absolute Gasteiger partial charge is 0.335 e. The maximum atomic E-state index is 13.6. The number of carboxylic acids is 1. The average Bonchev–Trinajstić information content (AvgIpc) is 2.91. The number of rotatable bonds is 3. The highest BCUT2D eigenvalue weighted by Gasteiger charge is 2.49. The van der Waals surface area contributed by atoms with Crippen molar-refractivity contribution in [1.29, 1.82) is 0 Å². The predicted octanol–water partition coefficient (Wildman–Crippen LogP) is 4.39. The van der Waals surface area contributed by atoms with Crippen molar-refractivity contribution in [2.75, 3.05) is 5.32 Å². The molecule has 0 bridgehead atoms. The Morgan fingerprint density at radius 2 is 1.96 bits per heavy atom. The van der Waals surface area contributed by atoms with Gasteiger partial charge in [0, 0.05) is 11.8 Å². The normalized spacial score (nSPS) is 23.8. The van der Waals surface area contributed by atoms with Crippen molar-refractivity contribution in [3.8, 4) is 5.75 Å². The number of carbonyl (C=O) groups is 2. The van der Waals surface area contributed by atoms with Crippen LogP contribution in [-0.4, -0.2) is 23.1 Å². The van der Waals surface area contributed by atoms with Gasteiger partial charge in [-0.05, 0) is 61.6 Å². The van der Waals surface area contributed by atoms with Gasteiger partial charge in [0.2, 0.25) is 5.91 Å². The van der Waals surface area contributed by atoms with Crippen LogP contribution in [0.1, 0.15) is 41.6 Å². The summed E-state index contributed by atoms with van der Waals surface area (Å²) in [5, 5.41) is 12.2. The summed E-state index contributed by atoms with van der Waals surface area (Å²) >= 11 is 5.69. The van der Waals surface area contributed by atoms with Crippen LogP contribution in [0.3, 0.4) is 0 Å². The van der Waals surface area contributed by atoms with Gasteiger partial charge in [-0.15, -0.1) is 0 Å². The SMILES string of the molecule is O=C(O)c1ccc2c(c1)[C@]1(CC[C@@H](Oc3ccc(Cl)c(F)c3)CC1)C(=O)N2. The van der Waals surface area contributed by atoms with Gasteiger partial charge < -0.3 is 15.2 Å². The second-order valence-electron chi connectivity index (χ2n) is 6.99. The van der Waals surface area contributed by atoms with Crippen molar-refractivity contribution < 1.29 is 23.8 Å². The van der Waals surface area contributed by atoms with Gasteiger partial charge in [-0.3, -0.25) is 4.79 Å². The molecule has 2 aromatic rings. The Hall–Kier alpha value is -2.60. The maximum absolute atomic E-state index is 13.6. The van der Waals surface area contributed by atoms with E-state index in [1.54, 1.807) is 18.2 Å². The highest BCUT2D eigenvalue weighted by molar-refractivity contribution is 6.30. The topological polar surface area (TPSA) is 75.6 Å². The molecule has 0 radical (unpaired) electrons. The van der Waals surface area contributed by atoms with Crippen molar-refractivity contribution in [2.24, 2.45) is 0 Å². The first-order valence-electron chi connectivity index (χ1n) is 8.70. The Morgan fingerprint density at radius 1 is 1.22 bits per heavy atom. The fraction of sp³-hybridized carbons (Fsp3) is 0.300. The van der Waals surface area contributed by atoms with Crippen molar-refractivity contribution in [3.05, 3.63) is 58.4 Å². The molecule has 1 amide bonds. The van der Waals surface area contributed by atoms with Gasteiger partial charge in [-0.1, -0.05) is 11.6 Å². The molecule has 1 heterocycles. The molecule has 1 saturated carbocycles. The fourth-order valence-electron chi connectivity index (χ4n) is 3.99. The monoisotopic (exact) mass is 389 g/mol. The van der Waals surface area contributed by atoms with Crippen molar-refractivity contribution in [2.45, 2.75) is 37.2 Å². The van der Waals surface area contributed by atoms with Gasteiger partial charge in [-0.25, -0.2) is 9.18 Å². The molecule has 5 nitrogen and oxygen atoms in total. The number of fused-ring (bicyclic) bond motifs is 2. The van der Waals surface area contributed by atoms with E-state index in [2.05, 4.69) is 5.32 Å². The molecule has 4 rings (SSSR count). The summed E-state index contributed by atoms with van der Waals surface area (Å²) in [6, 6.07) is 9.04. The Kier molecular flexibility index (Phi) is 4.30. The average molecular weight is 390 g/mol. The summed E-state index contributed by atoms with van der Waals surface area (Å²) in [5.41, 5.74) is 0.846. The summed E-state index contributed by atoms with van der Waals surface area (Å²) in [7, 11) is 0. The zero-order chi connectivity index (χ0) is 19.2. The van der Waals surface area contributed by atoms with Crippen LogP contribution in [0.5, 0.6) is 5.75 Å². The fourth-order valence-corrected chi connectivity index (χ4v) is 4.11. The van der Waals surface area contributed by atoms with E-state index in [0.717, 1.165) is 5.56 Å². The molecule has 1 spiro atoms. The number of amides is 1. The van der Waals surface area contributed by atoms with Gasteiger partial charge in [-0.2, -0.15) is 0 Å². The third-order valence-electron chi connectivity index (χ3n) is 5.44. The molecule has 2 aliphatic rings. The molecular weight excluding hydrogens is 373 g/mol. The number of hydrogen-bond acceptors (Lipinski definition) is 3. The quantitative estimate of drug-likeness (QED) is 0.816. The molecule has 27 heavy (non-hydrogen) atoms. The lowest BCUT2D eigenvalue weighted by Gasteiger charge is -2.35. The van der Waals surface area contributed by atoms with E-state index in [9.17, 15) is 19.1 Å². The molecule has 2 aromatic carbocycles. The van der Waals surface area contributed by atoms with Crippen LogP contribution in [0, 0.1) is 5.82 Å². The number of ether oxygens (including phenoxy) is 1. The van der Waals surface area contributed by atoms with E-state index >= 15 is 0 Å². The number of benzene rings is 2. The van der Waals surface area contributed by atoms with Crippen LogP contribution in [0.15, 0.2) is 36.4 Å². The minimum absolute atomic E-state index is 0.0402.